The van der Waals surface area contributed by atoms with Gasteiger partial charge in [0, 0.05) is 6.54 Å². The topological polar surface area (TPSA) is 48.5 Å². The zero-order valence-electron chi connectivity index (χ0n) is 12.7. The Bertz CT molecular complexity index is 907. The third-order valence-corrected chi connectivity index (χ3v) is 3.92. The van der Waals surface area contributed by atoms with Crippen molar-refractivity contribution in [3.05, 3.63) is 78.4 Å². The van der Waals surface area contributed by atoms with Crippen molar-refractivity contribution in [3.63, 3.8) is 0 Å². The summed E-state index contributed by atoms with van der Waals surface area (Å²) >= 11 is 0. The second-order valence-corrected chi connectivity index (χ2v) is 5.57. The van der Waals surface area contributed by atoms with E-state index in [0.29, 0.717) is 6.54 Å². The van der Waals surface area contributed by atoms with E-state index in [9.17, 15) is 0 Å². The number of aromatic nitrogens is 5. The molecule has 0 aliphatic rings. The number of imidazole rings is 1. The van der Waals surface area contributed by atoms with Gasteiger partial charge in [-0.2, -0.15) is 0 Å². The molecule has 5 nitrogen and oxygen atoms in total. The quantitative estimate of drug-likeness (QED) is 0.569. The maximum absolute atomic E-state index is 4.41. The van der Waals surface area contributed by atoms with E-state index in [2.05, 4.69) is 50.2 Å². The highest BCUT2D eigenvalue weighted by Crippen LogP contribution is 2.13. The molecular formula is C18H17N5. The highest BCUT2D eigenvalue weighted by Gasteiger charge is 2.06. The molecule has 0 radical (unpaired) electrons. The number of fused-ring (bicyclic) bond motifs is 1. The van der Waals surface area contributed by atoms with Crippen LogP contribution in [0.25, 0.3) is 11.0 Å². The van der Waals surface area contributed by atoms with Gasteiger partial charge in [0.05, 0.1) is 30.1 Å². The van der Waals surface area contributed by atoms with Crippen molar-refractivity contribution < 1.29 is 0 Å². The maximum atomic E-state index is 4.41. The number of para-hydroxylation sites is 2. The standard InChI is InChI=1S/C18H17N5/c1-2-6-15(7-3-1)10-11-23-13-16(20-21-23)12-22-14-19-17-8-4-5-9-18(17)22/h1-9,13-14H,10-12H2. The van der Waals surface area contributed by atoms with E-state index in [4.69, 9.17) is 0 Å². The van der Waals surface area contributed by atoms with Crippen LogP contribution in [0.4, 0.5) is 0 Å². The Labute approximate surface area is 134 Å². The normalized spacial score (nSPS) is 11.1. The average molecular weight is 303 g/mol. The van der Waals surface area contributed by atoms with Crippen LogP contribution in [0.15, 0.2) is 67.1 Å². The number of hydrogen-bond donors (Lipinski definition) is 0. The Morgan fingerprint density at radius 2 is 1.74 bits per heavy atom. The maximum Gasteiger partial charge on any atom is 0.102 e. The minimum Gasteiger partial charge on any atom is -0.324 e. The van der Waals surface area contributed by atoms with Crippen LogP contribution in [0, 0.1) is 0 Å². The molecule has 0 atom stereocenters. The van der Waals surface area contributed by atoms with Gasteiger partial charge in [0.25, 0.3) is 0 Å². The van der Waals surface area contributed by atoms with E-state index in [1.165, 1.54) is 5.56 Å². The summed E-state index contributed by atoms with van der Waals surface area (Å²) in [6.07, 6.45) is 4.82. The van der Waals surface area contributed by atoms with Crippen molar-refractivity contribution in [2.24, 2.45) is 0 Å². The van der Waals surface area contributed by atoms with Gasteiger partial charge in [0.1, 0.15) is 5.69 Å². The first-order chi connectivity index (χ1) is 11.4. The molecule has 0 saturated heterocycles. The van der Waals surface area contributed by atoms with Crippen LogP contribution < -0.4 is 0 Å². The number of hydrogen-bond acceptors (Lipinski definition) is 3. The Hall–Kier alpha value is -2.95. The van der Waals surface area contributed by atoms with Crippen LogP contribution >= 0.6 is 0 Å². The van der Waals surface area contributed by atoms with Crippen LogP contribution in [0.1, 0.15) is 11.3 Å². The summed E-state index contributed by atoms with van der Waals surface area (Å²) in [5.41, 5.74) is 4.38. The zero-order valence-corrected chi connectivity index (χ0v) is 12.7. The minimum absolute atomic E-state index is 0.686. The fourth-order valence-corrected chi connectivity index (χ4v) is 2.72. The molecule has 0 unspecified atom stereocenters. The van der Waals surface area contributed by atoms with E-state index in [1.54, 1.807) is 0 Å². The fraction of sp³-hybridized carbons (Fsp3) is 0.167. The molecule has 2 aromatic heterocycles. The summed E-state index contributed by atoms with van der Waals surface area (Å²) in [5, 5.41) is 8.50. The first kappa shape index (κ1) is 13.7. The molecule has 0 bridgehead atoms. The largest absolute Gasteiger partial charge is 0.324 e. The molecule has 2 aromatic carbocycles. The van der Waals surface area contributed by atoms with Crippen molar-refractivity contribution in [2.75, 3.05) is 0 Å². The number of nitrogens with zero attached hydrogens (tertiary/aromatic N) is 5. The van der Waals surface area contributed by atoms with Crippen molar-refractivity contribution in [1.82, 2.24) is 24.5 Å². The summed E-state index contributed by atoms with van der Waals surface area (Å²) < 4.78 is 4.00. The van der Waals surface area contributed by atoms with Gasteiger partial charge in [0.15, 0.2) is 0 Å². The summed E-state index contributed by atoms with van der Waals surface area (Å²) in [4.78, 5) is 4.41. The van der Waals surface area contributed by atoms with Crippen molar-refractivity contribution in [3.8, 4) is 0 Å². The summed E-state index contributed by atoms with van der Waals surface area (Å²) in [7, 11) is 0. The van der Waals surface area contributed by atoms with Crippen LogP contribution in [-0.4, -0.2) is 24.5 Å². The molecule has 0 spiro atoms. The predicted molar refractivity (Wildman–Crippen MR) is 89.0 cm³/mol. The number of rotatable bonds is 5. The molecule has 4 aromatic rings. The van der Waals surface area contributed by atoms with Gasteiger partial charge >= 0.3 is 0 Å². The third-order valence-electron chi connectivity index (χ3n) is 3.92. The van der Waals surface area contributed by atoms with Gasteiger partial charge < -0.3 is 4.57 Å². The molecule has 114 valence electrons. The van der Waals surface area contributed by atoms with E-state index in [0.717, 1.165) is 29.7 Å². The molecule has 4 rings (SSSR count). The molecule has 0 saturated carbocycles. The second-order valence-electron chi connectivity index (χ2n) is 5.57. The average Bonchev–Trinajstić information content (AvgIpc) is 3.22. The second kappa shape index (κ2) is 6.04. The minimum atomic E-state index is 0.686. The van der Waals surface area contributed by atoms with Gasteiger partial charge in [-0.15, -0.1) is 5.10 Å². The molecule has 0 aliphatic carbocycles. The Morgan fingerprint density at radius 1 is 0.913 bits per heavy atom. The molecule has 5 heteroatoms. The fourth-order valence-electron chi connectivity index (χ4n) is 2.72. The van der Waals surface area contributed by atoms with E-state index in [1.807, 2.05) is 41.5 Å². The lowest BCUT2D eigenvalue weighted by atomic mass is 10.1. The van der Waals surface area contributed by atoms with Crippen molar-refractivity contribution >= 4 is 11.0 Å². The highest BCUT2D eigenvalue weighted by atomic mass is 15.4. The molecule has 0 amide bonds. The van der Waals surface area contributed by atoms with Gasteiger partial charge in [-0.3, -0.25) is 4.68 Å². The third kappa shape index (κ3) is 2.99. The van der Waals surface area contributed by atoms with E-state index < -0.39 is 0 Å². The molecule has 0 fully saturated rings. The molecule has 23 heavy (non-hydrogen) atoms. The Kier molecular flexibility index (Phi) is 3.60. The first-order valence-corrected chi connectivity index (χ1v) is 7.71. The SMILES string of the molecule is c1ccc(CCn2cc(Cn3cnc4ccccc43)nn2)cc1. The van der Waals surface area contributed by atoms with Crippen LogP contribution in [-0.2, 0) is 19.5 Å². The van der Waals surface area contributed by atoms with Gasteiger partial charge in [-0.05, 0) is 24.1 Å². The van der Waals surface area contributed by atoms with E-state index >= 15 is 0 Å². The summed E-state index contributed by atoms with van der Waals surface area (Å²) in [5.74, 6) is 0. The number of benzene rings is 2. The van der Waals surface area contributed by atoms with Crippen molar-refractivity contribution in [1.29, 1.82) is 0 Å². The van der Waals surface area contributed by atoms with Crippen LogP contribution in [0.3, 0.4) is 0 Å². The highest BCUT2D eigenvalue weighted by molar-refractivity contribution is 5.74. The van der Waals surface area contributed by atoms with Crippen LogP contribution in [0.2, 0.25) is 0 Å². The molecule has 0 N–H and O–H groups in total. The monoisotopic (exact) mass is 303 g/mol. The van der Waals surface area contributed by atoms with Crippen LogP contribution in [0.5, 0.6) is 0 Å². The lowest BCUT2D eigenvalue weighted by Gasteiger charge is -2.01. The van der Waals surface area contributed by atoms with Crippen molar-refractivity contribution in [2.45, 2.75) is 19.5 Å². The molecule has 0 aliphatic heterocycles. The summed E-state index contributed by atoms with van der Waals surface area (Å²) in [6.45, 7) is 1.52. The first-order valence-electron chi connectivity index (χ1n) is 7.71. The lowest BCUT2D eigenvalue weighted by Crippen LogP contribution is -2.02. The molecular weight excluding hydrogens is 286 g/mol. The zero-order chi connectivity index (χ0) is 15.5. The van der Waals surface area contributed by atoms with E-state index in [-0.39, 0.29) is 0 Å². The lowest BCUT2D eigenvalue weighted by molar-refractivity contribution is 0.589. The Balaban J connectivity index is 1.46. The van der Waals surface area contributed by atoms with Gasteiger partial charge in [0.2, 0.25) is 0 Å². The number of aryl methyl sites for hydroxylation is 2. The smallest absolute Gasteiger partial charge is 0.102 e. The van der Waals surface area contributed by atoms with Gasteiger partial charge in [-0.1, -0.05) is 47.7 Å². The molecule has 2 heterocycles. The summed E-state index contributed by atoms with van der Waals surface area (Å²) in [6, 6.07) is 18.5. The van der Waals surface area contributed by atoms with Gasteiger partial charge in [-0.25, -0.2) is 4.98 Å². The predicted octanol–water partition coefficient (Wildman–Crippen LogP) is 2.92. The Morgan fingerprint density at radius 3 is 2.65 bits per heavy atom.